The molecule has 1 saturated carbocycles. The van der Waals surface area contributed by atoms with E-state index < -0.39 is 35.0 Å². The van der Waals surface area contributed by atoms with Crippen LogP contribution in [0.2, 0.25) is 0 Å². The van der Waals surface area contributed by atoms with Gasteiger partial charge in [0.1, 0.15) is 0 Å². The van der Waals surface area contributed by atoms with Crippen LogP contribution < -0.4 is 9.64 Å². The molecular formula is C35H32N2O6. The van der Waals surface area contributed by atoms with Crippen LogP contribution in [0.3, 0.4) is 0 Å². The number of phenols is 1. The summed E-state index contributed by atoms with van der Waals surface area (Å²) in [6, 6.07) is 23.4. The van der Waals surface area contributed by atoms with Gasteiger partial charge in [-0.2, -0.15) is 0 Å². The van der Waals surface area contributed by atoms with Crippen molar-refractivity contribution in [1.82, 2.24) is 4.90 Å². The van der Waals surface area contributed by atoms with Crippen LogP contribution in [0.25, 0.3) is 0 Å². The highest BCUT2D eigenvalue weighted by Gasteiger charge is 2.67. The number of likely N-dealkylation sites (tertiary alicyclic amines) is 1. The second-order valence-electron chi connectivity index (χ2n) is 12.2. The lowest BCUT2D eigenvalue weighted by Crippen LogP contribution is -2.48. The Morgan fingerprint density at radius 1 is 0.884 bits per heavy atom. The monoisotopic (exact) mass is 576 g/mol. The molecular weight excluding hydrogens is 544 g/mol. The van der Waals surface area contributed by atoms with E-state index in [-0.39, 0.29) is 41.7 Å². The number of methoxy groups -OCH3 is 1. The molecule has 2 heterocycles. The second-order valence-corrected chi connectivity index (χ2v) is 12.2. The van der Waals surface area contributed by atoms with Gasteiger partial charge in [-0.25, -0.2) is 4.90 Å². The Labute approximate surface area is 249 Å². The number of carbonyl (C=O) groups excluding carboxylic acids is 4. The van der Waals surface area contributed by atoms with E-state index in [4.69, 9.17) is 4.74 Å². The van der Waals surface area contributed by atoms with Gasteiger partial charge in [0.15, 0.2) is 11.5 Å². The van der Waals surface area contributed by atoms with Gasteiger partial charge in [0.25, 0.3) is 0 Å². The second kappa shape index (κ2) is 9.93. The lowest BCUT2D eigenvalue weighted by molar-refractivity contribution is -0.141. The molecule has 8 heteroatoms. The predicted molar refractivity (Wildman–Crippen MR) is 158 cm³/mol. The lowest BCUT2D eigenvalue weighted by Gasteiger charge is -2.49. The fraction of sp³-hybridized carbons (Fsp3) is 0.314. The maximum absolute atomic E-state index is 14.4. The van der Waals surface area contributed by atoms with Gasteiger partial charge in [0.05, 0.1) is 42.5 Å². The fourth-order valence-corrected chi connectivity index (χ4v) is 8.08. The zero-order valence-electron chi connectivity index (χ0n) is 24.0. The highest BCUT2D eigenvalue weighted by molar-refractivity contribution is 6.24. The molecule has 1 N–H and O–H groups in total. The van der Waals surface area contributed by atoms with Crippen molar-refractivity contribution in [3.63, 3.8) is 0 Å². The van der Waals surface area contributed by atoms with Crippen LogP contribution in [0.1, 0.15) is 36.8 Å². The molecule has 4 aliphatic rings. The molecule has 0 radical (unpaired) electrons. The molecule has 2 aliphatic heterocycles. The molecule has 3 aromatic carbocycles. The van der Waals surface area contributed by atoms with Gasteiger partial charge in [-0.15, -0.1) is 0 Å². The third-order valence-corrected chi connectivity index (χ3v) is 10.1. The number of carbonyl (C=O) groups is 4. The first kappa shape index (κ1) is 27.1. The number of aromatic hydroxyl groups is 1. The number of hydrogen-bond acceptors (Lipinski definition) is 6. The number of imide groups is 2. The van der Waals surface area contributed by atoms with Crippen LogP contribution in [0, 0.1) is 29.1 Å². The first-order chi connectivity index (χ1) is 20.8. The van der Waals surface area contributed by atoms with Crippen LogP contribution in [0.5, 0.6) is 11.5 Å². The lowest BCUT2D eigenvalue weighted by atomic mass is 9.51. The van der Waals surface area contributed by atoms with Gasteiger partial charge in [-0.1, -0.05) is 66.2 Å². The van der Waals surface area contributed by atoms with Crippen molar-refractivity contribution < 1.29 is 29.0 Å². The molecule has 6 atom stereocenters. The number of fused-ring (bicyclic) bond motifs is 4. The summed E-state index contributed by atoms with van der Waals surface area (Å²) in [7, 11) is 1.46. The summed E-state index contributed by atoms with van der Waals surface area (Å²) < 4.78 is 5.43. The molecule has 7 rings (SSSR count). The molecule has 0 bridgehead atoms. The Kier molecular flexibility index (Phi) is 6.27. The topological polar surface area (TPSA) is 104 Å². The minimum absolute atomic E-state index is 0.0362. The van der Waals surface area contributed by atoms with Crippen molar-refractivity contribution in [2.45, 2.75) is 32.2 Å². The van der Waals surface area contributed by atoms with Crippen molar-refractivity contribution in [1.29, 1.82) is 0 Å². The van der Waals surface area contributed by atoms with Crippen molar-refractivity contribution in [3.8, 4) is 11.5 Å². The summed E-state index contributed by atoms with van der Waals surface area (Å²) in [5, 5.41) is 10.4. The van der Waals surface area contributed by atoms with Crippen molar-refractivity contribution in [3.05, 3.63) is 102 Å². The van der Waals surface area contributed by atoms with Crippen molar-refractivity contribution in [2.24, 2.45) is 29.1 Å². The normalized spacial score (nSPS) is 29.7. The summed E-state index contributed by atoms with van der Waals surface area (Å²) >= 11 is 0. The van der Waals surface area contributed by atoms with E-state index in [1.54, 1.807) is 36.4 Å². The van der Waals surface area contributed by atoms with E-state index in [0.717, 1.165) is 11.1 Å². The highest BCUT2D eigenvalue weighted by Crippen LogP contribution is 2.63. The number of benzene rings is 3. The zero-order chi connectivity index (χ0) is 30.0. The van der Waals surface area contributed by atoms with E-state index in [1.807, 2.05) is 49.4 Å². The molecule has 2 saturated heterocycles. The number of rotatable bonds is 5. The maximum Gasteiger partial charge on any atom is 0.241 e. The number of para-hydroxylation sites is 1. The molecule has 0 aromatic heterocycles. The first-order valence-electron chi connectivity index (χ1n) is 14.6. The maximum atomic E-state index is 14.4. The molecule has 3 fully saturated rings. The molecule has 3 aromatic rings. The van der Waals surface area contributed by atoms with Gasteiger partial charge in [0, 0.05) is 5.92 Å². The van der Waals surface area contributed by atoms with Gasteiger partial charge in [0.2, 0.25) is 23.6 Å². The molecule has 0 unspecified atom stereocenters. The number of ether oxygens (including phenoxy) is 1. The Bertz CT molecular complexity index is 1680. The minimum atomic E-state index is -1.15. The van der Waals surface area contributed by atoms with E-state index >= 15 is 0 Å². The third-order valence-electron chi connectivity index (χ3n) is 10.1. The van der Waals surface area contributed by atoms with E-state index in [1.165, 1.54) is 23.0 Å². The summed E-state index contributed by atoms with van der Waals surface area (Å²) in [6.07, 6.45) is 2.70. The van der Waals surface area contributed by atoms with Gasteiger partial charge in [-0.05, 0) is 61.1 Å². The van der Waals surface area contributed by atoms with E-state index in [0.29, 0.717) is 24.1 Å². The summed E-state index contributed by atoms with van der Waals surface area (Å²) in [5.74, 6) is -3.59. The van der Waals surface area contributed by atoms with Crippen LogP contribution in [0.4, 0.5) is 5.69 Å². The summed E-state index contributed by atoms with van der Waals surface area (Å²) in [5.41, 5.74) is 1.83. The zero-order valence-corrected chi connectivity index (χ0v) is 24.0. The molecule has 43 heavy (non-hydrogen) atoms. The Morgan fingerprint density at radius 3 is 2.28 bits per heavy atom. The van der Waals surface area contributed by atoms with Gasteiger partial charge in [-0.3, -0.25) is 24.1 Å². The highest BCUT2D eigenvalue weighted by atomic mass is 16.5. The largest absolute Gasteiger partial charge is 0.504 e. The van der Waals surface area contributed by atoms with Gasteiger partial charge >= 0.3 is 0 Å². The average Bonchev–Trinajstić information content (AvgIpc) is 3.38. The van der Waals surface area contributed by atoms with Crippen molar-refractivity contribution >= 4 is 29.3 Å². The fourth-order valence-electron chi connectivity index (χ4n) is 8.08. The van der Waals surface area contributed by atoms with Crippen LogP contribution in [-0.2, 0) is 25.7 Å². The Morgan fingerprint density at radius 2 is 1.58 bits per heavy atom. The molecule has 8 nitrogen and oxygen atoms in total. The number of nitrogens with zero attached hydrogens (tertiary/aromatic N) is 2. The number of amides is 4. The molecule has 2 aliphatic carbocycles. The number of phenolic OH excluding ortho intramolecular Hbond substituents is 1. The van der Waals surface area contributed by atoms with Gasteiger partial charge < -0.3 is 9.84 Å². The number of anilines is 1. The standard InChI is InChI=1S/C35H32N2O6/c1-35-26(32(40)37(34(35)42)22-11-7-4-8-12-22)18-25-23(30(35)21-13-16-27(38)28(17-21)43-2)14-15-24-29(25)33(41)36(31(24)39)19-20-9-5-3-6-10-20/h3-14,16-17,24-26,29-30,38H,15,18-19H2,1-2H3/t24-,25+,26-,29-,30-,35+/m0/s1. The van der Waals surface area contributed by atoms with E-state index in [2.05, 4.69) is 0 Å². The third kappa shape index (κ3) is 3.89. The van der Waals surface area contributed by atoms with Crippen LogP contribution in [-0.4, -0.2) is 40.7 Å². The summed E-state index contributed by atoms with van der Waals surface area (Å²) in [6.45, 7) is 2.05. The van der Waals surface area contributed by atoms with Crippen LogP contribution >= 0.6 is 0 Å². The van der Waals surface area contributed by atoms with Crippen LogP contribution in [0.15, 0.2) is 90.5 Å². The smallest absolute Gasteiger partial charge is 0.241 e. The minimum Gasteiger partial charge on any atom is -0.504 e. The Balaban J connectivity index is 1.35. The predicted octanol–water partition coefficient (Wildman–Crippen LogP) is 4.83. The first-order valence-corrected chi connectivity index (χ1v) is 14.6. The number of hydrogen-bond donors (Lipinski definition) is 1. The molecule has 0 spiro atoms. The average molecular weight is 577 g/mol. The quantitative estimate of drug-likeness (QED) is 0.345. The van der Waals surface area contributed by atoms with E-state index in [9.17, 15) is 24.3 Å². The molecule has 4 amide bonds. The SMILES string of the molecule is COc1cc([C@H]2C3=CC[C@@H]4C(=O)N(Cc5ccccc5)C(=O)[C@@H]4[C@@H]3C[C@H]3C(=O)N(c4ccccc4)C(=O)[C@@]23C)ccc1O. The molecule has 218 valence electrons. The Hall–Kier alpha value is -4.72. The summed E-state index contributed by atoms with van der Waals surface area (Å²) in [4.78, 5) is 59.0. The number of allylic oxidation sites excluding steroid dienone is 2. The van der Waals surface area contributed by atoms with Crippen molar-refractivity contribution in [2.75, 3.05) is 12.0 Å².